The maximum absolute atomic E-state index is 14.0. The molecular weight excluding hydrogens is 367 g/mol. The van der Waals surface area contributed by atoms with E-state index in [-0.39, 0.29) is 27.1 Å². The van der Waals surface area contributed by atoms with Gasteiger partial charge >= 0.3 is 0 Å². The Morgan fingerprint density at radius 2 is 1.92 bits per heavy atom. The Hall–Kier alpha value is -2.77. The summed E-state index contributed by atoms with van der Waals surface area (Å²) in [5.41, 5.74) is 0.119. The van der Waals surface area contributed by atoms with Gasteiger partial charge in [-0.05, 0) is 48.1 Å². The van der Waals surface area contributed by atoms with Gasteiger partial charge < -0.3 is 5.11 Å². The molecule has 1 aliphatic heterocycles. The fourth-order valence-corrected chi connectivity index (χ4v) is 2.75. The topological polar surface area (TPSA) is 69.6 Å². The molecule has 2 aromatic rings. The van der Waals surface area contributed by atoms with E-state index in [1.807, 2.05) is 0 Å². The molecule has 0 unspecified atom stereocenters. The number of halogens is 2. The molecule has 25 heavy (non-hydrogen) atoms. The van der Waals surface area contributed by atoms with Crippen molar-refractivity contribution in [2.45, 2.75) is 0 Å². The molecule has 126 valence electrons. The van der Waals surface area contributed by atoms with E-state index < -0.39 is 17.6 Å². The van der Waals surface area contributed by atoms with Crippen molar-refractivity contribution < 1.29 is 19.1 Å². The van der Waals surface area contributed by atoms with E-state index in [2.05, 4.69) is 5.32 Å². The number of hydrogen-bond donors (Lipinski definition) is 2. The highest BCUT2D eigenvalue weighted by atomic mass is 35.5. The Morgan fingerprint density at radius 1 is 1.20 bits per heavy atom. The maximum Gasteiger partial charge on any atom is 0.270 e. The minimum absolute atomic E-state index is 0.0628. The van der Waals surface area contributed by atoms with Gasteiger partial charge in [0.25, 0.3) is 11.8 Å². The number of aromatic hydroxyl groups is 1. The number of amides is 2. The van der Waals surface area contributed by atoms with E-state index in [0.29, 0.717) is 5.56 Å². The zero-order valence-corrected chi connectivity index (χ0v) is 14.1. The number of phenolic OH excluding ortho intramolecular Hbond substituents is 1. The van der Waals surface area contributed by atoms with E-state index in [0.717, 1.165) is 4.90 Å². The van der Waals surface area contributed by atoms with Crippen molar-refractivity contribution in [3.63, 3.8) is 0 Å². The van der Waals surface area contributed by atoms with Gasteiger partial charge in [0, 0.05) is 0 Å². The molecule has 5 nitrogen and oxygen atoms in total. The van der Waals surface area contributed by atoms with Crippen molar-refractivity contribution in [2.75, 3.05) is 4.90 Å². The molecule has 0 saturated carbocycles. The molecule has 0 aromatic heterocycles. The van der Waals surface area contributed by atoms with Gasteiger partial charge in [-0.2, -0.15) is 0 Å². The summed E-state index contributed by atoms with van der Waals surface area (Å²) in [6.45, 7) is 0. The fourth-order valence-electron chi connectivity index (χ4n) is 2.29. The SMILES string of the molecule is O=C1NC(=S)N(c2ccccc2F)C(=O)/C1=C/c1ccc(O)c(Cl)c1. The third-order valence-electron chi connectivity index (χ3n) is 3.48. The molecule has 2 aromatic carbocycles. The quantitative estimate of drug-likeness (QED) is 0.480. The molecule has 3 rings (SSSR count). The second-order valence-electron chi connectivity index (χ2n) is 5.12. The van der Waals surface area contributed by atoms with E-state index in [1.165, 1.54) is 42.5 Å². The molecule has 0 aliphatic carbocycles. The predicted molar refractivity (Wildman–Crippen MR) is 95.7 cm³/mol. The van der Waals surface area contributed by atoms with Crippen LogP contribution in [0.4, 0.5) is 10.1 Å². The van der Waals surface area contributed by atoms with Crippen LogP contribution in [-0.4, -0.2) is 22.0 Å². The smallest absolute Gasteiger partial charge is 0.270 e. The molecule has 1 saturated heterocycles. The highest BCUT2D eigenvalue weighted by molar-refractivity contribution is 7.80. The first-order chi connectivity index (χ1) is 11.9. The summed E-state index contributed by atoms with van der Waals surface area (Å²) >= 11 is 10.8. The third kappa shape index (κ3) is 3.24. The van der Waals surface area contributed by atoms with E-state index >= 15 is 0 Å². The van der Waals surface area contributed by atoms with Crippen LogP contribution in [0.5, 0.6) is 5.75 Å². The summed E-state index contributed by atoms with van der Waals surface area (Å²) in [5, 5.41) is 11.7. The third-order valence-corrected chi connectivity index (χ3v) is 4.07. The Kier molecular flexibility index (Phi) is 4.52. The summed E-state index contributed by atoms with van der Waals surface area (Å²) in [4.78, 5) is 25.8. The summed E-state index contributed by atoms with van der Waals surface area (Å²) in [6, 6.07) is 9.80. The Morgan fingerprint density at radius 3 is 2.60 bits per heavy atom. The van der Waals surface area contributed by atoms with Crippen LogP contribution in [0.25, 0.3) is 6.08 Å². The number of nitrogens with one attached hydrogen (secondary N) is 1. The van der Waals surface area contributed by atoms with Crippen molar-refractivity contribution in [1.82, 2.24) is 5.32 Å². The number of rotatable bonds is 2. The molecule has 0 spiro atoms. The number of phenols is 1. The van der Waals surface area contributed by atoms with Crippen molar-refractivity contribution in [3.05, 3.63) is 64.4 Å². The second-order valence-corrected chi connectivity index (χ2v) is 5.91. The van der Waals surface area contributed by atoms with Gasteiger partial charge in [0.05, 0.1) is 10.7 Å². The highest BCUT2D eigenvalue weighted by Gasteiger charge is 2.35. The minimum Gasteiger partial charge on any atom is -0.506 e. The number of carbonyl (C=O) groups excluding carboxylic acids is 2. The van der Waals surface area contributed by atoms with Gasteiger partial charge in [-0.3, -0.25) is 14.9 Å². The summed E-state index contributed by atoms with van der Waals surface area (Å²) in [7, 11) is 0. The molecule has 0 radical (unpaired) electrons. The first-order valence-corrected chi connectivity index (χ1v) is 7.81. The van der Waals surface area contributed by atoms with Crippen LogP contribution >= 0.6 is 23.8 Å². The zero-order valence-electron chi connectivity index (χ0n) is 12.5. The van der Waals surface area contributed by atoms with Gasteiger partial charge in [0.15, 0.2) is 5.11 Å². The van der Waals surface area contributed by atoms with Gasteiger partial charge in [-0.25, -0.2) is 9.29 Å². The molecule has 1 heterocycles. The lowest BCUT2D eigenvalue weighted by Crippen LogP contribution is -2.54. The second kappa shape index (κ2) is 6.62. The van der Waals surface area contributed by atoms with Crippen LogP contribution < -0.4 is 10.2 Å². The average Bonchev–Trinajstić information content (AvgIpc) is 2.56. The number of hydrogen-bond acceptors (Lipinski definition) is 4. The van der Waals surface area contributed by atoms with Crippen LogP contribution in [0, 0.1) is 5.82 Å². The minimum atomic E-state index is -0.761. The number of nitrogens with zero attached hydrogens (tertiary/aromatic N) is 1. The monoisotopic (exact) mass is 376 g/mol. The Labute approximate surface area is 152 Å². The van der Waals surface area contributed by atoms with Crippen molar-refractivity contribution in [1.29, 1.82) is 0 Å². The number of thiocarbonyl (C=S) groups is 1. The lowest BCUT2D eigenvalue weighted by atomic mass is 10.1. The van der Waals surface area contributed by atoms with Crippen molar-refractivity contribution in [3.8, 4) is 5.75 Å². The first-order valence-electron chi connectivity index (χ1n) is 7.03. The standard InChI is InChI=1S/C17H10ClFN2O3S/c18-11-8-9(5-6-14(11)22)7-10-15(23)20-17(25)21(16(10)24)13-4-2-1-3-12(13)19/h1-8,22H,(H,20,23,25)/b10-7+. The van der Waals surface area contributed by atoms with Crippen LogP contribution in [0.1, 0.15) is 5.56 Å². The predicted octanol–water partition coefficient (Wildman–Crippen LogP) is 3.02. The van der Waals surface area contributed by atoms with Gasteiger partial charge in [-0.15, -0.1) is 0 Å². The highest BCUT2D eigenvalue weighted by Crippen LogP contribution is 2.27. The average molecular weight is 377 g/mol. The molecule has 0 atom stereocenters. The van der Waals surface area contributed by atoms with Gasteiger partial charge in [-0.1, -0.05) is 29.8 Å². The molecule has 1 aliphatic rings. The molecule has 0 bridgehead atoms. The molecule has 8 heteroatoms. The summed E-state index contributed by atoms with van der Waals surface area (Å²) in [6.07, 6.45) is 1.29. The lowest BCUT2D eigenvalue weighted by molar-refractivity contribution is -0.122. The van der Waals surface area contributed by atoms with Crippen molar-refractivity contribution in [2.24, 2.45) is 0 Å². The van der Waals surface area contributed by atoms with E-state index in [9.17, 15) is 19.1 Å². The van der Waals surface area contributed by atoms with Crippen LogP contribution in [0.15, 0.2) is 48.0 Å². The number of carbonyl (C=O) groups is 2. The molecule has 1 fully saturated rings. The first kappa shape index (κ1) is 17.1. The maximum atomic E-state index is 14.0. The Balaban J connectivity index is 2.05. The number of anilines is 1. The van der Waals surface area contributed by atoms with Gasteiger partial charge in [0.1, 0.15) is 17.1 Å². The van der Waals surface area contributed by atoms with Crippen LogP contribution in [-0.2, 0) is 9.59 Å². The van der Waals surface area contributed by atoms with E-state index in [1.54, 1.807) is 6.07 Å². The lowest BCUT2D eigenvalue weighted by Gasteiger charge is -2.29. The largest absolute Gasteiger partial charge is 0.506 e. The zero-order chi connectivity index (χ0) is 18.1. The number of para-hydroxylation sites is 1. The normalized spacial score (nSPS) is 16.3. The number of benzene rings is 2. The van der Waals surface area contributed by atoms with Crippen LogP contribution in [0.2, 0.25) is 5.02 Å². The Bertz CT molecular complexity index is 945. The van der Waals surface area contributed by atoms with Crippen LogP contribution in [0.3, 0.4) is 0 Å². The van der Waals surface area contributed by atoms with Crippen molar-refractivity contribution >= 4 is 52.5 Å². The molecule has 2 N–H and O–H groups in total. The van der Waals surface area contributed by atoms with Gasteiger partial charge in [0.2, 0.25) is 0 Å². The molecule has 2 amide bonds. The summed E-state index contributed by atoms with van der Waals surface area (Å²) in [5.74, 6) is -2.24. The fraction of sp³-hybridized carbons (Fsp3) is 0. The molecular formula is C17H10ClFN2O3S. The summed E-state index contributed by atoms with van der Waals surface area (Å²) < 4.78 is 14.0. The van der Waals surface area contributed by atoms with E-state index in [4.69, 9.17) is 23.8 Å².